The van der Waals surface area contributed by atoms with Crippen LogP contribution in [0.15, 0.2) is 84.9 Å². The molecule has 0 bridgehead atoms. The number of benzene rings is 4. The third-order valence-corrected chi connectivity index (χ3v) is 7.12. The fourth-order valence-corrected chi connectivity index (χ4v) is 5.40. The van der Waals surface area contributed by atoms with Gasteiger partial charge in [-0.1, -0.05) is 125 Å². The van der Waals surface area contributed by atoms with E-state index in [-0.39, 0.29) is 0 Å². The molecule has 0 unspecified atom stereocenters. The molecule has 0 saturated heterocycles. The average molecular weight is 493 g/mol. The SMILES string of the molecule is CCCc1cc(CCC)cc(-c2ccc(-c3ccc(-c4cc(CCC)cc(CCS)c4)cc3)cc2)c1. The van der Waals surface area contributed by atoms with Crippen molar-refractivity contribution in [3.05, 3.63) is 107 Å². The van der Waals surface area contributed by atoms with Crippen LogP contribution in [0.4, 0.5) is 0 Å². The quantitative estimate of drug-likeness (QED) is 0.198. The number of rotatable bonds is 11. The lowest BCUT2D eigenvalue weighted by Gasteiger charge is -2.11. The Morgan fingerprint density at radius 3 is 0.944 bits per heavy atom. The van der Waals surface area contributed by atoms with Crippen molar-refractivity contribution in [2.75, 3.05) is 5.75 Å². The lowest BCUT2D eigenvalue weighted by Crippen LogP contribution is -1.93. The van der Waals surface area contributed by atoms with E-state index in [1.54, 1.807) is 0 Å². The van der Waals surface area contributed by atoms with E-state index in [0.717, 1.165) is 31.4 Å². The fraction of sp³-hybridized carbons (Fsp3) is 0.314. The van der Waals surface area contributed by atoms with Crippen molar-refractivity contribution in [2.45, 2.75) is 65.7 Å². The predicted octanol–water partition coefficient (Wildman–Crippen LogP) is 10.0. The third-order valence-electron chi connectivity index (χ3n) is 6.89. The lowest BCUT2D eigenvalue weighted by molar-refractivity contribution is 0.896. The smallest absolute Gasteiger partial charge is 0.00573 e. The second-order valence-electron chi connectivity index (χ2n) is 9.95. The summed E-state index contributed by atoms with van der Waals surface area (Å²) in [6.07, 6.45) is 7.96. The van der Waals surface area contributed by atoms with Gasteiger partial charge in [0.1, 0.15) is 0 Å². The van der Waals surface area contributed by atoms with Crippen molar-refractivity contribution in [2.24, 2.45) is 0 Å². The Kier molecular flexibility index (Phi) is 9.47. The van der Waals surface area contributed by atoms with Gasteiger partial charge in [-0.05, 0) is 87.1 Å². The first-order chi connectivity index (χ1) is 17.6. The second-order valence-corrected chi connectivity index (χ2v) is 10.4. The Morgan fingerprint density at radius 1 is 0.389 bits per heavy atom. The highest BCUT2D eigenvalue weighted by Gasteiger charge is 2.07. The van der Waals surface area contributed by atoms with Crippen LogP contribution >= 0.6 is 12.6 Å². The Labute approximate surface area is 224 Å². The maximum Gasteiger partial charge on any atom is -0.00573 e. The van der Waals surface area contributed by atoms with E-state index in [9.17, 15) is 0 Å². The number of hydrogen-bond donors (Lipinski definition) is 1. The van der Waals surface area contributed by atoms with E-state index < -0.39 is 0 Å². The maximum atomic E-state index is 4.45. The molecule has 0 aliphatic rings. The van der Waals surface area contributed by atoms with Crippen molar-refractivity contribution < 1.29 is 0 Å². The maximum absolute atomic E-state index is 4.45. The standard InChI is InChI=1S/C35H40S/c1-4-7-26-20-27(8-5-2)23-34(22-26)32-14-10-30(11-15-32)31-12-16-33(17-13-31)35-24-28(9-6-3)21-29(25-35)18-19-36/h10-17,20-25,36H,4-9,18-19H2,1-3H3. The van der Waals surface area contributed by atoms with E-state index in [1.807, 2.05) is 0 Å². The van der Waals surface area contributed by atoms with E-state index >= 15 is 0 Å². The van der Waals surface area contributed by atoms with Crippen LogP contribution < -0.4 is 0 Å². The molecule has 1 heteroatoms. The lowest BCUT2D eigenvalue weighted by atomic mass is 9.94. The molecule has 0 heterocycles. The Bertz CT molecular complexity index is 1100. The highest BCUT2D eigenvalue weighted by atomic mass is 32.1. The molecule has 0 spiro atoms. The predicted molar refractivity (Wildman–Crippen MR) is 162 cm³/mol. The number of hydrogen-bond acceptors (Lipinski definition) is 1. The minimum atomic E-state index is 0.882. The zero-order valence-corrected chi connectivity index (χ0v) is 23.1. The van der Waals surface area contributed by atoms with E-state index in [2.05, 4.69) is 118 Å². The summed E-state index contributed by atoms with van der Waals surface area (Å²) in [5, 5.41) is 0. The van der Waals surface area contributed by atoms with Gasteiger partial charge < -0.3 is 0 Å². The molecule has 0 nitrogen and oxygen atoms in total. The summed E-state index contributed by atoms with van der Waals surface area (Å²) < 4.78 is 0. The molecule has 0 aliphatic heterocycles. The summed E-state index contributed by atoms with van der Waals surface area (Å²) >= 11 is 4.45. The van der Waals surface area contributed by atoms with Crippen molar-refractivity contribution >= 4 is 12.6 Å². The third kappa shape index (κ3) is 6.71. The highest BCUT2D eigenvalue weighted by Crippen LogP contribution is 2.30. The van der Waals surface area contributed by atoms with Gasteiger partial charge in [0.2, 0.25) is 0 Å². The summed E-state index contributed by atoms with van der Waals surface area (Å²) in [5.41, 5.74) is 13.5. The molecule has 0 aliphatic carbocycles. The number of aryl methyl sites for hydroxylation is 4. The van der Waals surface area contributed by atoms with E-state index in [0.29, 0.717) is 0 Å². The van der Waals surface area contributed by atoms with Crippen LogP contribution in [-0.2, 0) is 25.7 Å². The first-order valence-electron chi connectivity index (χ1n) is 13.7. The molecule has 0 amide bonds. The van der Waals surface area contributed by atoms with Gasteiger partial charge in [0.25, 0.3) is 0 Å². The molecule has 186 valence electrons. The van der Waals surface area contributed by atoms with Crippen molar-refractivity contribution in [1.29, 1.82) is 0 Å². The average Bonchev–Trinajstić information content (AvgIpc) is 2.89. The van der Waals surface area contributed by atoms with Gasteiger partial charge in [-0.25, -0.2) is 0 Å². The van der Waals surface area contributed by atoms with Gasteiger partial charge in [-0.3, -0.25) is 0 Å². The van der Waals surface area contributed by atoms with Gasteiger partial charge in [0.15, 0.2) is 0 Å². The van der Waals surface area contributed by atoms with Crippen LogP contribution in [0.1, 0.15) is 62.3 Å². The van der Waals surface area contributed by atoms with Gasteiger partial charge in [-0.15, -0.1) is 0 Å². The Balaban J connectivity index is 1.57. The summed E-state index contributed by atoms with van der Waals surface area (Å²) in [5.74, 6) is 0.882. The van der Waals surface area contributed by atoms with Crippen LogP contribution in [0.3, 0.4) is 0 Å². The largest absolute Gasteiger partial charge is 0.179 e. The van der Waals surface area contributed by atoms with Gasteiger partial charge >= 0.3 is 0 Å². The molecule has 4 rings (SSSR count). The molecule has 0 saturated carbocycles. The van der Waals surface area contributed by atoms with E-state index in [4.69, 9.17) is 0 Å². The number of thiol groups is 1. The summed E-state index contributed by atoms with van der Waals surface area (Å²) in [4.78, 5) is 0. The first-order valence-corrected chi connectivity index (χ1v) is 14.3. The van der Waals surface area contributed by atoms with Crippen molar-refractivity contribution in [1.82, 2.24) is 0 Å². The van der Waals surface area contributed by atoms with Gasteiger partial charge in [0.05, 0.1) is 0 Å². The molecular formula is C35H40S. The summed E-state index contributed by atoms with van der Waals surface area (Å²) in [6, 6.07) is 32.3. The van der Waals surface area contributed by atoms with Crippen molar-refractivity contribution in [3.8, 4) is 33.4 Å². The van der Waals surface area contributed by atoms with Gasteiger partial charge in [-0.2, -0.15) is 12.6 Å². The normalized spacial score (nSPS) is 11.1. The fourth-order valence-electron chi connectivity index (χ4n) is 5.14. The molecule has 0 radical (unpaired) electrons. The Hall–Kier alpha value is -2.77. The Morgan fingerprint density at radius 2 is 0.667 bits per heavy atom. The molecule has 36 heavy (non-hydrogen) atoms. The monoisotopic (exact) mass is 492 g/mol. The van der Waals surface area contributed by atoms with Crippen LogP contribution in [-0.4, -0.2) is 5.75 Å². The highest BCUT2D eigenvalue weighted by molar-refractivity contribution is 7.80. The minimum absolute atomic E-state index is 0.882. The van der Waals surface area contributed by atoms with Gasteiger partial charge in [0, 0.05) is 0 Å². The minimum Gasteiger partial charge on any atom is -0.179 e. The topological polar surface area (TPSA) is 0 Å². The molecular weight excluding hydrogens is 452 g/mol. The molecule has 4 aromatic rings. The summed E-state index contributed by atoms with van der Waals surface area (Å²) in [7, 11) is 0. The molecule has 0 fully saturated rings. The van der Waals surface area contributed by atoms with Crippen LogP contribution in [0.25, 0.3) is 33.4 Å². The zero-order valence-electron chi connectivity index (χ0n) is 22.2. The molecule has 0 aromatic heterocycles. The van der Waals surface area contributed by atoms with Crippen LogP contribution in [0, 0.1) is 0 Å². The summed E-state index contributed by atoms with van der Waals surface area (Å²) in [6.45, 7) is 6.77. The molecule has 4 aromatic carbocycles. The first kappa shape index (κ1) is 26.3. The van der Waals surface area contributed by atoms with E-state index in [1.165, 1.54) is 74.9 Å². The van der Waals surface area contributed by atoms with Crippen LogP contribution in [0.5, 0.6) is 0 Å². The van der Waals surface area contributed by atoms with Crippen molar-refractivity contribution in [3.63, 3.8) is 0 Å². The zero-order chi connectivity index (χ0) is 25.3. The van der Waals surface area contributed by atoms with Crippen LogP contribution in [0.2, 0.25) is 0 Å². The molecule has 0 N–H and O–H groups in total. The molecule has 0 atom stereocenters. The second kappa shape index (κ2) is 13.0.